The fraction of sp³-hybridized carbons (Fsp3) is 0.350. The van der Waals surface area contributed by atoms with Crippen LogP contribution in [0.15, 0.2) is 48.5 Å². The average molecular weight is 306 g/mol. The molecule has 2 aromatic rings. The Balaban J connectivity index is 1.47. The largest absolute Gasteiger partial charge is 0.348 e. The SMILES string of the molecule is O=C(N[C@@H]1CCCc2ccccc21)C1Cc2ccccc2CN1. The normalized spacial score (nSPS) is 22.8. The van der Waals surface area contributed by atoms with E-state index in [9.17, 15) is 4.79 Å². The average Bonchev–Trinajstić information content (AvgIpc) is 2.61. The zero-order valence-electron chi connectivity index (χ0n) is 13.2. The molecule has 2 aliphatic rings. The molecule has 0 spiro atoms. The van der Waals surface area contributed by atoms with E-state index in [1.54, 1.807) is 0 Å². The Morgan fingerprint density at radius 1 is 1.00 bits per heavy atom. The van der Waals surface area contributed by atoms with Gasteiger partial charge in [0.2, 0.25) is 5.91 Å². The number of carbonyl (C=O) groups is 1. The van der Waals surface area contributed by atoms with Gasteiger partial charge in [-0.2, -0.15) is 0 Å². The van der Waals surface area contributed by atoms with Crippen molar-refractivity contribution in [3.8, 4) is 0 Å². The number of rotatable bonds is 2. The molecule has 0 fully saturated rings. The van der Waals surface area contributed by atoms with E-state index in [4.69, 9.17) is 0 Å². The topological polar surface area (TPSA) is 41.1 Å². The minimum Gasteiger partial charge on any atom is -0.348 e. The summed E-state index contributed by atoms with van der Waals surface area (Å²) < 4.78 is 0. The quantitative estimate of drug-likeness (QED) is 0.896. The number of aryl methyl sites for hydroxylation is 1. The van der Waals surface area contributed by atoms with Crippen LogP contribution in [0.3, 0.4) is 0 Å². The molecule has 118 valence electrons. The van der Waals surface area contributed by atoms with Crippen LogP contribution in [-0.2, 0) is 24.2 Å². The highest BCUT2D eigenvalue weighted by atomic mass is 16.2. The van der Waals surface area contributed by atoms with Crippen molar-refractivity contribution < 1.29 is 4.79 Å². The molecule has 1 aliphatic carbocycles. The van der Waals surface area contributed by atoms with Crippen molar-refractivity contribution in [1.29, 1.82) is 0 Å². The van der Waals surface area contributed by atoms with Gasteiger partial charge in [-0.15, -0.1) is 0 Å². The first kappa shape index (κ1) is 14.5. The van der Waals surface area contributed by atoms with Gasteiger partial charge >= 0.3 is 0 Å². The summed E-state index contributed by atoms with van der Waals surface area (Å²) in [6.45, 7) is 0.773. The van der Waals surface area contributed by atoms with Gasteiger partial charge in [-0.05, 0) is 47.9 Å². The molecule has 2 atom stereocenters. The number of benzene rings is 2. The molecule has 0 bridgehead atoms. The first-order valence-electron chi connectivity index (χ1n) is 8.49. The molecule has 1 amide bonds. The Kier molecular flexibility index (Phi) is 3.88. The lowest BCUT2D eigenvalue weighted by Gasteiger charge is -2.30. The highest BCUT2D eigenvalue weighted by Crippen LogP contribution is 2.29. The van der Waals surface area contributed by atoms with Crippen molar-refractivity contribution >= 4 is 5.91 Å². The third kappa shape index (κ3) is 2.89. The Morgan fingerprint density at radius 2 is 1.74 bits per heavy atom. The molecule has 1 unspecified atom stereocenters. The third-order valence-electron chi connectivity index (χ3n) is 5.08. The zero-order valence-corrected chi connectivity index (χ0v) is 13.2. The summed E-state index contributed by atoms with van der Waals surface area (Å²) in [7, 11) is 0. The maximum Gasteiger partial charge on any atom is 0.237 e. The van der Waals surface area contributed by atoms with Crippen LogP contribution < -0.4 is 10.6 Å². The molecule has 0 aromatic heterocycles. The highest BCUT2D eigenvalue weighted by Gasteiger charge is 2.27. The molecule has 3 nitrogen and oxygen atoms in total. The molecule has 4 rings (SSSR count). The fourth-order valence-corrected chi connectivity index (χ4v) is 3.82. The van der Waals surface area contributed by atoms with Crippen molar-refractivity contribution in [3.05, 3.63) is 70.8 Å². The lowest BCUT2D eigenvalue weighted by Crippen LogP contribution is -2.48. The van der Waals surface area contributed by atoms with Crippen molar-refractivity contribution in [3.63, 3.8) is 0 Å². The van der Waals surface area contributed by atoms with Gasteiger partial charge in [0, 0.05) is 6.54 Å². The summed E-state index contributed by atoms with van der Waals surface area (Å²) >= 11 is 0. The molecule has 2 N–H and O–H groups in total. The molecule has 0 saturated carbocycles. The summed E-state index contributed by atoms with van der Waals surface area (Å²) in [5.74, 6) is 0.126. The second-order valence-electron chi connectivity index (χ2n) is 6.56. The lowest BCUT2D eigenvalue weighted by molar-refractivity contribution is -0.124. The summed E-state index contributed by atoms with van der Waals surface area (Å²) in [4.78, 5) is 12.7. The Bertz CT molecular complexity index is 725. The molecular formula is C20H22N2O. The first-order valence-corrected chi connectivity index (χ1v) is 8.49. The van der Waals surface area contributed by atoms with Crippen LogP contribution in [-0.4, -0.2) is 11.9 Å². The number of hydrogen-bond donors (Lipinski definition) is 2. The van der Waals surface area contributed by atoms with E-state index in [1.807, 2.05) is 0 Å². The van der Waals surface area contributed by atoms with Gasteiger partial charge in [0.15, 0.2) is 0 Å². The van der Waals surface area contributed by atoms with Gasteiger partial charge in [0.05, 0.1) is 12.1 Å². The second-order valence-corrected chi connectivity index (χ2v) is 6.56. The van der Waals surface area contributed by atoms with E-state index < -0.39 is 0 Å². The van der Waals surface area contributed by atoms with Crippen LogP contribution >= 0.6 is 0 Å². The van der Waals surface area contributed by atoms with Gasteiger partial charge in [0.1, 0.15) is 0 Å². The summed E-state index contributed by atoms with van der Waals surface area (Å²) in [5, 5.41) is 6.65. The maximum absolute atomic E-state index is 12.7. The van der Waals surface area contributed by atoms with Gasteiger partial charge in [0.25, 0.3) is 0 Å². The van der Waals surface area contributed by atoms with Crippen molar-refractivity contribution in [1.82, 2.24) is 10.6 Å². The smallest absolute Gasteiger partial charge is 0.237 e. The fourth-order valence-electron chi connectivity index (χ4n) is 3.82. The minimum absolute atomic E-state index is 0.126. The Hall–Kier alpha value is -2.13. The van der Waals surface area contributed by atoms with Crippen LogP contribution in [0.4, 0.5) is 0 Å². The monoisotopic (exact) mass is 306 g/mol. The van der Waals surface area contributed by atoms with Crippen LogP contribution in [0.1, 0.15) is 41.1 Å². The maximum atomic E-state index is 12.7. The third-order valence-corrected chi connectivity index (χ3v) is 5.08. The first-order chi connectivity index (χ1) is 11.3. The van der Waals surface area contributed by atoms with Crippen LogP contribution in [0, 0.1) is 0 Å². The molecule has 1 heterocycles. The number of hydrogen-bond acceptors (Lipinski definition) is 2. The zero-order chi connectivity index (χ0) is 15.6. The summed E-state index contributed by atoms with van der Waals surface area (Å²) in [6, 6.07) is 16.9. The van der Waals surface area contributed by atoms with Crippen LogP contribution in [0.2, 0.25) is 0 Å². The van der Waals surface area contributed by atoms with Crippen molar-refractivity contribution in [2.45, 2.75) is 44.3 Å². The molecule has 0 radical (unpaired) electrons. The van der Waals surface area contributed by atoms with Gasteiger partial charge in [-0.25, -0.2) is 0 Å². The molecular weight excluding hydrogens is 284 g/mol. The number of amides is 1. The van der Waals surface area contributed by atoms with Crippen molar-refractivity contribution in [2.75, 3.05) is 0 Å². The Labute approximate surface area is 137 Å². The lowest BCUT2D eigenvalue weighted by atomic mass is 9.87. The van der Waals surface area contributed by atoms with E-state index in [0.717, 1.165) is 32.2 Å². The standard InChI is InChI=1S/C20H22N2O/c23-20(19-12-15-7-1-2-8-16(15)13-21-19)22-18-11-5-9-14-6-3-4-10-17(14)18/h1-4,6-8,10,18-19,21H,5,9,11-13H2,(H,22,23)/t18-,19?/m1/s1. The molecule has 1 aliphatic heterocycles. The predicted octanol–water partition coefficient (Wildman–Crippen LogP) is 2.89. The van der Waals surface area contributed by atoms with Crippen molar-refractivity contribution in [2.24, 2.45) is 0 Å². The van der Waals surface area contributed by atoms with Gasteiger partial charge < -0.3 is 10.6 Å². The molecule has 2 aromatic carbocycles. The highest BCUT2D eigenvalue weighted by molar-refractivity contribution is 5.83. The molecule has 23 heavy (non-hydrogen) atoms. The predicted molar refractivity (Wildman–Crippen MR) is 91.0 cm³/mol. The number of fused-ring (bicyclic) bond motifs is 2. The number of carbonyl (C=O) groups excluding carboxylic acids is 1. The van der Waals surface area contributed by atoms with Gasteiger partial charge in [-0.3, -0.25) is 4.79 Å². The van der Waals surface area contributed by atoms with E-state index in [1.165, 1.54) is 22.3 Å². The van der Waals surface area contributed by atoms with E-state index >= 15 is 0 Å². The van der Waals surface area contributed by atoms with E-state index in [0.29, 0.717) is 0 Å². The number of nitrogens with one attached hydrogen (secondary N) is 2. The summed E-state index contributed by atoms with van der Waals surface area (Å²) in [5.41, 5.74) is 5.27. The molecule has 3 heteroatoms. The van der Waals surface area contributed by atoms with Crippen LogP contribution in [0.25, 0.3) is 0 Å². The van der Waals surface area contributed by atoms with Crippen LogP contribution in [0.5, 0.6) is 0 Å². The van der Waals surface area contributed by atoms with E-state index in [-0.39, 0.29) is 18.0 Å². The minimum atomic E-state index is -0.126. The van der Waals surface area contributed by atoms with E-state index in [2.05, 4.69) is 59.2 Å². The summed E-state index contributed by atoms with van der Waals surface area (Å²) in [6.07, 6.45) is 4.07. The second kappa shape index (κ2) is 6.17. The Morgan fingerprint density at radius 3 is 2.61 bits per heavy atom. The van der Waals surface area contributed by atoms with Gasteiger partial charge in [-0.1, -0.05) is 48.5 Å². The molecule has 0 saturated heterocycles.